The predicted molar refractivity (Wildman–Crippen MR) is 96.4 cm³/mol. The maximum atomic E-state index is 4.81. The molecule has 0 spiro atoms. The van der Waals surface area contributed by atoms with E-state index in [0.29, 0.717) is 17.7 Å². The molecule has 1 aromatic rings. The number of pyridine rings is 1. The largest absolute Gasteiger partial charge is 0.357 e. The summed E-state index contributed by atoms with van der Waals surface area (Å²) in [4.78, 5) is 11.6. The number of guanidine groups is 1. The van der Waals surface area contributed by atoms with Crippen LogP contribution in [0, 0.1) is 12.8 Å². The van der Waals surface area contributed by atoms with Crippen LogP contribution in [0.1, 0.15) is 32.0 Å². The van der Waals surface area contributed by atoms with Gasteiger partial charge in [0.15, 0.2) is 5.96 Å². The number of nitrogens with one attached hydrogen (secondary N) is 1. The van der Waals surface area contributed by atoms with E-state index in [1.165, 1.54) is 5.75 Å². The number of hydrogen-bond acceptors (Lipinski definition) is 3. The molecule has 0 amide bonds. The van der Waals surface area contributed by atoms with Gasteiger partial charge in [0, 0.05) is 42.5 Å². The van der Waals surface area contributed by atoms with E-state index in [2.05, 4.69) is 53.8 Å². The minimum Gasteiger partial charge on any atom is -0.357 e. The second-order valence-corrected chi connectivity index (χ2v) is 7.42. The van der Waals surface area contributed by atoms with Gasteiger partial charge in [0.05, 0.1) is 6.54 Å². The third-order valence-corrected chi connectivity index (χ3v) is 5.40. The topological polar surface area (TPSA) is 40.5 Å². The van der Waals surface area contributed by atoms with E-state index < -0.39 is 0 Å². The number of thioether (sulfide) groups is 1. The summed E-state index contributed by atoms with van der Waals surface area (Å²) in [6.07, 6.45) is 1.92. The molecule has 1 aliphatic heterocycles. The zero-order valence-electron chi connectivity index (χ0n) is 14.2. The van der Waals surface area contributed by atoms with Crippen molar-refractivity contribution >= 4 is 17.7 Å². The number of hydrogen-bond donors (Lipinski definition) is 1. The summed E-state index contributed by atoms with van der Waals surface area (Å²) in [6.45, 7) is 12.5. The lowest BCUT2D eigenvalue weighted by atomic mass is 10.1. The van der Waals surface area contributed by atoms with Gasteiger partial charge in [-0.1, -0.05) is 19.9 Å². The van der Waals surface area contributed by atoms with Gasteiger partial charge in [0.1, 0.15) is 0 Å². The number of nitrogens with zero attached hydrogens (tertiary/aromatic N) is 3. The van der Waals surface area contributed by atoms with Crippen LogP contribution in [0.3, 0.4) is 0 Å². The molecule has 5 heteroatoms. The molecule has 1 saturated heterocycles. The van der Waals surface area contributed by atoms with Crippen LogP contribution in [-0.2, 0) is 6.54 Å². The highest BCUT2D eigenvalue weighted by Gasteiger charge is 2.24. The highest BCUT2D eigenvalue weighted by atomic mass is 32.2. The van der Waals surface area contributed by atoms with Crippen LogP contribution in [0.5, 0.6) is 0 Å². The molecule has 2 rings (SSSR count). The molecule has 2 heterocycles. The third kappa shape index (κ3) is 4.90. The second kappa shape index (κ2) is 8.42. The van der Waals surface area contributed by atoms with Crippen molar-refractivity contribution in [1.82, 2.24) is 15.2 Å². The fourth-order valence-electron chi connectivity index (χ4n) is 2.46. The maximum Gasteiger partial charge on any atom is 0.194 e. The first-order chi connectivity index (χ1) is 10.6. The van der Waals surface area contributed by atoms with Crippen molar-refractivity contribution in [3.8, 4) is 0 Å². The molecular formula is C17H28N4S. The van der Waals surface area contributed by atoms with E-state index in [-0.39, 0.29) is 0 Å². The van der Waals surface area contributed by atoms with Gasteiger partial charge in [-0.3, -0.25) is 4.98 Å². The molecule has 0 aromatic carbocycles. The van der Waals surface area contributed by atoms with Crippen LogP contribution >= 0.6 is 11.8 Å². The predicted octanol–water partition coefficient (Wildman–Crippen LogP) is 2.93. The second-order valence-electron chi connectivity index (χ2n) is 6.08. The number of aryl methyl sites for hydroxylation is 1. The Bertz CT molecular complexity index is 484. The molecule has 1 unspecified atom stereocenters. The molecule has 1 N–H and O–H groups in total. The van der Waals surface area contributed by atoms with Crippen molar-refractivity contribution < 1.29 is 0 Å². The zero-order chi connectivity index (χ0) is 15.9. The monoisotopic (exact) mass is 320 g/mol. The number of aromatic nitrogens is 1. The highest BCUT2D eigenvalue weighted by molar-refractivity contribution is 8.00. The minimum absolute atomic E-state index is 0.686. The Morgan fingerprint density at radius 2 is 2.32 bits per heavy atom. The fraction of sp³-hybridized carbons (Fsp3) is 0.647. The van der Waals surface area contributed by atoms with Crippen molar-refractivity contribution in [3.63, 3.8) is 0 Å². The molecule has 1 fully saturated rings. The summed E-state index contributed by atoms with van der Waals surface area (Å²) in [5.74, 6) is 2.92. The molecule has 22 heavy (non-hydrogen) atoms. The highest BCUT2D eigenvalue weighted by Crippen LogP contribution is 2.24. The molecule has 122 valence electrons. The summed E-state index contributed by atoms with van der Waals surface area (Å²) in [7, 11) is 0. The summed E-state index contributed by atoms with van der Waals surface area (Å²) in [5.41, 5.74) is 2.21. The first-order valence-corrected chi connectivity index (χ1v) is 9.21. The molecule has 0 radical (unpaired) electrons. The maximum absolute atomic E-state index is 4.81. The summed E-state index contributed by atoms with van der Waals surface area (Å²) in [6, 6.07) is 4.16. The van der Waals surface area contributed by atoms with Gasteiger partial charge in [-0.2, -0.15) is 11.8 Å². The van der Waals surface area contributed by atoms with E-state index in [9.17, 15) is 0 Å². The number of aliphatic imine (C=N–C) groups is 1. The Morgan fingerprint density at radius 3 is 2.95 bits per heavy atom. The van der Waals surface area contributed by atoms with E-state index in [4.69, 9.17) is 4.99 Å². The molecule has 0 aliphatic carbocycles. The van der Waals surface area contributed by atoms with Crippen LogP contribution in [0.2, 0.25) is 0 Å². The van der Waals surface area contributed by atoms with Crippen LogP contribution in [0.4, 0.5) is 0 Å². The smallest absolute Gasteiger partial charge is 0.194 e. The van der Waals surface area contributed by atoms with E-state index in [1.807, 2.05) is 19.2 Å². The van der Waals surface area contributed by atoms with E-state index in [1.54, 1.807) is 0 Å². The van der Waals surface area contributed by atoms with Gasteiger partial charge in [0.25, 0.3) is 0 Å². The van der Waals surface area contributed by atoms with Crippen molar-refractivity contribution in [2.45, 2.75) is 39.5 Å². The lowest BCUT2D eigenvalue weighted by Gasteiger charge is -2.36. The number of rotatable bonds is 4. The van der Waals surface area contributed by atoms with Crippen molar-refractivity contribution in [2.75, 3.05) is 25.4 Å². The lowest BCUT2D eigenvalue weighted by molar-refractivity contribution is 0.381. The Morgan fingerprint density at radius 1 is 1.50 bits per heavy atom. The van der Waals surface area contributed by atoms with Gasteiger partial charge >= 0.3 is 0 Å². The van der Waals surface area contributed by atoms with Crippen LogP contribution in [0.25, 0.3) is 0 Å². The SMILES string of the molecule is CCNC(=NCc1ccc(C)nc1)N1CCSC(C(C)C)C1. The average Bonchev–Trinajstić information content (AvgIpc) is 2.53. The average molecular weight is 321 g/mol. The quantitative estimate of drug-likeness (QED) is 0.684. The minimum atomic E-state index is 0.686. The Kier molecular flexibility index (Phi) is 6.55. The first kappa shape index (κ1) is 17.1. The Balaban J connectivity index is 2.04. The fourth-order valence-corrected chi connectivity index (χ4v) is 3.75. The van der Waals surface area contributed by atoms with Crippen LogP contribution in [0.15, 0.2) is 23.3 Å². The van der Waals surface area contributed by atoms with Crippen LogP contribution in [-0.4, -0.2) is 46.5 Å². The zero-order valence-corrected chi connectivity index (χ0v) is 15.0. The van der Waals surface area contributed by atoms with Gasteiger partial charge in [-0.25, -0.2) is 4.99 Å². The van der Waals surface area contributed by atoms with Crippen molar-refractivity contribution in [3.05, 3.63) is 29.6 Å². The Labute approximate surface area is 138 Å². The van der Waals surface area contributed by atoms with Gasteiger partial charge in [0.2, 0.25) is 0 Å². The molecular weight excluding hydrogens is 292 g/mol. The molecule has 1 atom stereocenters. The summed E-state index contributed by atoms with van der Waals surface area (Å²) in [5, 5.41) is 4.13. The first-order valence-electron chi connectivity index (χ1n) is 8.16. The van der Waals surface area contributed by atoms with Gasteiger partial charge in [-0.05, 0) is 31.4 Å². The molecule has 0 saturated carbocycles. The van der Waals surface area contributed by atoms with E-state index in [0.717, 1.165) is 36.9 Å². The van der Waals surface area contributed by atoms with Crippen molar-refractivity contribution in [2.24, 2.45) is 10.9 Å². The molecule has 1 aromatic heterocycles. The van der Waals surface area contributed by atoms with E-state index >= 15 is 0 Å². The standard InChI is InChI=1S/C17H28N4S/c1-5-18-17(20-11-15-7-6-14(4)19-10-15)21-8-9-22-16(12-21)13(2)3/h6-7,10,13,16H,5,8-9,11-12H2,1-4H3,(H,18,20). The Hall–Kier alpha value is -1.23. The normalized spacial score (nSPS) is 19.6. The van der Waals surface area contributed by atoms with Crippen molar-refractivity contribution in [1.29, 1.82) is 0 Å². The third-order valence-electron chi connectivity index (χ3n) is 3.86. The van der Waals surface area contributed by atoms with Crippen LogP contribution < -0.4 is 5.32 Å². The summed E-state index contributed by atoms with van der Waals surface area (Å²) < 4.78 is 0. The molecule has 4 nitrogen and oxygen atoms in total. The van der Waals surface area contributed by atoms with Gasteiger partial charge in [-0.15, -0.1) is 0 Å². The van der Waals surface area contributed by atoms with Gasteiger partial charge < -0.3 is 10.2 Å². The molecule has 0 bridgehead atoms. The lowest BCUT2D eigenvalue weighted by Crippen LogP contribution is -2.49. The molecule has 1 aliphatic rings. The summed E-state index contributed by atoms with van der Waals surface area (Å²) >= 11 is 2.09.